The maximum atomic E-state index is 13.3. The molecular weight excluding hydrogens is 407 g/mol. The van der Waals surface area contributed by atoms with Gasteiger partial charge in [-0.05, 0) is 30.7 Å². The Kier molecular flexibility index (Phi) is 5.01. The van der Waals surface area contributed by atoms with Gasteiger partial charge < -0.3 is 15.0 Å². The van der Waals surface area contributed by atoms with Crippen LogP contribution < -0.4 is 5.73 Å². The topological polar surface area (TPSA) is 69.2 Å². The van der Waals surface area contributed by atoms with E-state index in [1.165, 1.54) is 19.0 Å². The van der Waals surface area contributed by atoms with Crippen molar-refractivity contribution < 1.29 is 17.9 Å². The first-order valence-electron chi connectivity index (χ1n) is 11.0. The smallest absolute Gasteiger partial charge is 0.383 e. The highest BCUT2D eigenvalue weighted by Gasteiger charge is 2.58. The Morgan fingerprint density at radius 2 is 1.84 bits per heavy atom. The van der Waals surface area contributed by atoms with Gasteiger partial charge in [0.05, 0.1) is 24.5 Å². The molecule has 168 valence electrons. The zero-order chi connectivity index (χ0) is 21.9. The quantitative estimate of drug-likeness (QED) is 0.788. The molecule has 1 saturated heterocycles. The summed E-state index contributed by atoms with van der Waals surface area (Å²) in [5.74, 6) is 1.81. The zero-order valence-electron chi connectivity index (χ0n) is 17.8. The van der Waals surface area contributed by atoms with Crippen molar-refractivity contribution in [2.45, 2.75) is 50.9 Å². The van der Waals surface area contributed by atoms with E-state index in [2.05, 4.69) is 28.3 Å². The number of nitrogens with two attached hydrogens (primary N) is 1. The summed E-state index contributed by atoms with van der Waals surface area (Å²) < 4.78 is 47.5. The van der Waals surface area contributed by atoms with Gasteiger partial charge in [-0.15, -0.1) is 0 Å². The molecular formula is C22H28F3N5O. The van der Waals surface area contributed by atoms with Crippen molar-refractivity contribution in [3.8, 4) is 11.3 Å². The van der Waals surface area contributed by atoms with Crippen LogP contribution in [0.2, 0.25) is 0 Å². The van der Waals surface area contributed by atoms with Crippen LogP contribution in [0, 0.1) is 11.8 Å². The number of nitrogens with zero attached hydrogens (tertiary/aromatic N) is 4. The number of ether oxygens (including phenoxy) is 1. The fourth-order valence-electron chi connectivity index (χ4n) is 5.49. The van der Waals surface area contributed by atoms with Crippen LogP contribution in [0.25, 0.3) is 11.3 Å². The average Bonchev–Trinajstić information content (AvgIpc) is 3.09. The minimum Gasteiger partial charge on any atom is -0.383 e. The number of imidazole rings is 1. The summed E-state index contributed by atoms with van der Waals surface area (Å²) in [6.45, 7) is 7.78. The second-order valence-electron chi connectivity index (χ2n) is 9.29. The SMILES string of the molecule is CC(C)c1nc(-c2cnc(N)c(C(F)(F)F)c2)cn1[C@@H]1[C@@H]2CC(N3CCOCC3)C[C@@H]21. The number of nitrogen functional groups attached to an aromatic ring is 1. The van der Waals surface area contributed by atoms with E-state index in [0.717, 1.165) is 38.2 Å². The second-order valence-corrected chi connectivity index (χ2v) is 9.29. The molecule has 6 nitrogen and oxygen atoms in total. The standard InChI is InChI=1S/C22H28F3N5O/c1-12(2)21-28-18(13-7-17(22(23,24)25)20(26)27-10-13)11-30(21)19-15-8-14(9-16(15)19)29-3-5-31-6-4-29/h7,10-12,14-16,19H,3-6,8-9H2,1-2H3,(H2,26,27)/t14?,15-,16+,19-. The van der Waals surface area contributed by atoms with E-state index in [9.17, 15) is 13.2 Å². The van der Waals surface area contributed by atoms with Gasteiger partial charge in [-0.2, -0.15) is 13.2 Å². The number of hydrogen-bond acceptors (Lipinski definition) is 5. The number of alkyl halides is 3. The molecule has 2 aliphatic carbocycles. The first-order chi connectivity index (χ1) is 14.7. The highest BCUT2D eigenvalue weighted by molar-refractivity contribution is 5.62. The van der Waals surface area contributed by atoms with Crippen molar-refractivity contribution in [1.82, 2.24) is 19.4 Å². The Labute approximate surface area is 179 Å². The number of rotatable bonds is 4. The molecule has 9 heteroatoms. The lowest BCUT2D eigenvalue weighted by molar-refractivity contribution is -0.137. The molecule has 3 aliphatic rings. The summed E-state index contributed by atoms with van der Waals surface area (Å²) in [7, 11) is 0. The summed E-state index contributed by atoms with van der Waals surface area (Å²) in [4.78, 5) is 11.0. The van der Waals surface area contributed by atoms with Gasteiger partial charge in [0.15, 0.2) is 0 Å². The van der Waals surface area contributed by atoms with Crippen molar-refractivity contribution in [3.63, 3.8) is 0 Å². The predicted molar refractivity (Wildman–Crippen MR) is 110 cm³/mol. The minimum atomic E-state index is -4.54. The molecule has 5 rings (SSSR count). The molecule has 0 amide bonds. The predicted octanol–water partition coefficient (Wildman–Crippen LogP) is 3.95. The number of fused-ring (bicyclic) bond motifs is 1. The average molecular weight is 435 g/mol. The first-order valence-corrected chi connectivity index (χ1v) is 11.0. The van der Waals surface area contributed by atoms with Crippen LogP contribution in [0.15, 0.2) is 18.5 Å². The zero-order valence-corrected chi connectivity index (χ0v) is 17.8. The van der Waals surface area contributed by atoms with E-state index in [0.29, 0.717) is 35.2 Å². The Hall–Kier alpha value is -2.13. The fraction of sp³-hybridized carbons (Fsp3) is 0.636. The Morgan fingerprint density at radius 1 is 1.16 bits per heavy atom. The number of anilines is 1. The molecule has 3 heterocycles. The van der Waals surface area contributed by atoms with Gasteiger partial charge in [-0.25, -0.2) is 9.97 Å². The van der Waals surface area contributed by atoms with Crippen LogP contribution in [-0.2, 0) is 10.9 Å². The lowest BCUT2D eigenvalue weighted by Crippen LogP contribution is -2.43. The fourth-order valence-corrected chi connectivity index (χ4v) is 5.49. The second kappa shape index (κ2) is 7.48. The molecule has 1 aliphatic heterocycles. The van der Waals surface area contributed by atoms with E-state index in [1.54, 1.807) is 0 Å². The van der Waals surface area contributed by atoms with Crippen molar-refractivity contribution >= 4 is 5.82 Å². The molecule has 1 unspecified atom stereocenters. The molecule has 2 aromatic heterocycles. The molecule has 0 radical (unpaired) electrons. The van der Waals surface area contributed by atoms with Gasteiger partial charge in [0.1, 0.15) is 11.6 Å². The first kappa shape index (κ1) is 20.8. The van der Waals surface area contributed by atoms with E-state index in [1.807, 2.05) is 6.20 Å². The number of pyridine rings is 1. The van der Waals surface area contributed by atoms with Crippen LogP contribution in [0.4, 0.5) is 19.0 Å². The van der Waals surface area contributed by atoms with E-state index in [-0.39, 0.29) is 5.92 Å². The molecule has 0 aromatic carbocycles. The van der Waals surface area contributed by atoms with Crippen molar-refractivity contribution in [3.05, 3.63) is 29.8 Å². The Bertz CT molecular complexity index is 955. The lowest BCUT2D eigenvalue weighted by atomic mass is 10.1. The molecule has 31 heavy (non-hydrogen) atoms. The number of halogens is 3. The summed E-state index contributed by atoms with van der Waals surface area (Å²) >= 11 is 0. The van der Waals surface area contributed by atoms with Crippen molar-refractivity contribution in [2.24, 2.45) is 11.8 Å². The van der Waals surface area contributed by atoms with E-state index in [4.69, 9.17) is 15.5 Å². The minimum absolute atomic E-state index is 0.175. The van der Waals surface area contributed by atoms with Crippen LogP contribution in [-0.4, -0.2) is 51.8 Å². The van der Waals surface area contributed by atoms with E-state index >= 15 is 0 Å². The number of aromatic nitrogens is 3. The van der Waals surface area contributed by atoms with Gasteiger partial charge in [-0.1, -0.05) is 13.8 Å². The van der Waals surface area contributed by atoms with Crippen LogP contribution in [0.3, 0.4) is 0 Å². The third-order valence-electron chi connectivity index (χ3n) is 7.06. The number of hydrogen-bond donors (Lipinski definition) is 1. The third-order valence-corrected chi connectivity index (χ3v) is 7.06. The van der Waals surface area contributed by atoms with Crippen molar-refractivity contribution in [2.75, 3.05) is 32.0 Å². The van der Waals surface area contributed by atoms with Gasteiger partial charge >= 0.3 is 6.18 Å². The van der Waals surface area contributed by atoms with Crippen LogP contribution in [0.1, 0.15) is 50.0 Å². The Balaban J connectivity index is 1.39. The molecule has 4 atom stereocenters. The largest absolute Gasteiger partial charge is 0.419 e. The van der Waals surface area contributed by atoms with Gasteiger partial charge in [0.25, 0.3) is 0 Å². The van der Waals surface area contributed by atoms with Crippen LogP contribution >= 0.6 is 0 Å². The normalized spacial score (nSPS) is 28.8. The Morgan fingerprint density at radius 3 is 2.45 bits per heavy atom. The highest BCUT2D eigenvalue weighted by atomic mass is 19.4. The number of morpholine rings is 1. The molecule has 2 aromatic rings. The van der Waals surface area contributed by atoms with Crippen molar-refractivity contribution in [1.29, 1.82) is 0 Å². The molecule has 2 N–H and O–H groups in total. The van der Waals surface area contributed by atoms with Gasteiger partial charge in [0.2, 0.25) is 0 Å². The summed E-state index contributed by atoms with van der Waals surface area (Å²) in [6, 6.07) is 2.07. The lowest BCUT2D eigenvalue weighted by Gasteiger charge is -2.33. The third kappa shape index (κ3) is 3.71. The maximum absolute atomic E-state index is 13.3. The highest BCUT2D eigenvalue weighted by Crippen LogP contribution is 2.62. The maximum Gasteiger partial charge on any atom is 0.419 e. The molecule has 3 fully saturated rings. The van der Waals surface area contributed by atoms with Gasteiger partial charge in [0, 0.05) is 49.0 Å². The summed E-state index contributed by atoms with van der Waals surface area (Å²) in [5.41, 5.74) is 5.42. The molecule has 2 saturated carbocycles. The summed E-state index contributed by atoms with van der Waals surface area (Å²) in [6.07, 6.45) is 1.08. The monoisotopic (exact) mass is 435 g/mol. The van der Waals surface area contributed by atoms with Gasteiger partial charge in [-0.3, -0.25) is 4.90 Å². The summed E-state index contributed by atoms with van der Waals surface area (Å²) in [5, 5.41) is 0. The molecule has 0 spiro atoms. The van der Waals surface area contributed by atoms with Crippen LogP contribution in [0.5, 0.6) is 0 Å². The molecule has 0 bridgehead atoms. The van der Waals surface area contributed by atoms with E-state index < -0.39 is 17.6 Å².